The van der Waals surface area contributed by atoms with Crippen LogP contribution in [0.3, 0.4) is 0 Å². The van der Waals surface area contributed by atoms with E-state index in [2.05, 4.69) is 0 Å². The van der Waals surface area contributed by atoms with Gasteiger partial charge in [-0.2, -0.15) is 0 Å². The number of carboxylic acids is 1. The fraction of sp³-hybridized carbons (Fsp3) is 0.278. The molecule has 0 unspecified atom stereocenters. The molecule has 1 atom stereocenters. The van der Waals surface area contributed by atoms with Crippen LogP contribution in [0.5, 0.6) is 5.75 Å². The Morgan fingerprint density at radius 3 is 2.36 bits per heavy atom. The third kappa shape index (κ3) is 4.25. The molecule has 0 amide bonds. The Bertz CT molecular complexity index is 674. The van der Waals surface area contributed by atoms with E-state index in [0.29, 0.717) is 10.8 Å². The number of benzene rings is 2. The van der Waals surface area contributed by atoms with Crippen LogP contribution >= 0.6 is 11.6 Å². The fourth-order valence-electron chi connectivity index (χ4n) is 2.40. The highest BCUT2D eigenvalue weighted by Gasteiger charge is 2.21. The lowest BCUT2D eigenvalue weighted by Gasteiger charge is -2.17. The molecule has 0 heterocycles. The number of rotatable bonds is 5. The highest BCUT2D eigenvalue weighted by atomic mass is 35.5. The first-order valence-electron chi connectivity index (χ1n) is 7.08. The van der Waals surface area contributed by atoms with E-state index in [1.807, 2.05) is 45.0 Å². The molecule has 2 rings (SSSR count). The molecule has 4 heteroatoms. The summed E-state index contributed by atoms with van der Waals surface area (Å²) in [5.74, 6) is -0.414. The van der Waals surface area contributed by atoms with Crippen molar-refractivity contribution in [2.45, 2.75) is 33.3 Å². The molecular formula is C18H19ClO3. The molecule has 0 aliphatic heterocycles. The smallest absolute Gasteiger partial charge is 0.345 e. The van der Waals surface area contributed by atoms with Gasteiger partial charge >= 0.3 is 5.97 Å². The highest BCUT2D eigenvalue weighted by Crippen LogP contribution is 2.21. The molecule has 3 nitrogen and oxygen atoms in total. The van der Waals surface area contributed by atoms with Crippen molar-refractivity contribution >= 4 is 17.6 Å². The van der Waals surface area contributed by atoms with Gasteiger partial charge < -0.3 is 9.84 Å². The molecule has 1 N–H and O–H groups in total. The summed E-state index contributed by atoms with van der Waals surface area (Å²) >= 11 is 5.99. The van der Waals surface area contributed by atoms with Gasteiger partial charge in [0.05, 0.1) is 0 Å². The minimum atomic E-state index is -0.987. The number of carboxylic acid groups (broad SMARTS) is 1. The van der Waals surface area contributed by atoms with Gasteiger partial charge in [-0.05, 0) is 67.3 Å². The van der Waals surface area contributed by atoms with Crippen molar-refractivity contribution in [3.05, 3.63) is 63.7 Å². The van der Waals surface area contributed by atoms with Gasteiger partial charge in [0, 0.05) is 11.4 Å². The number of halogens is 1. The minimum Gasteiger partial charge on any atom is -0.478 e. The third-order valence-electron chi connectivity index (χ3n) is 3.47. The third-order valence-corrected chi connectivity index (χ3v) is 3.70. The van der Waals surface area contributed by atoms with Crippen LogP contribution in [-0.2, 0) is 11.2 Å². The van der Waals surface area contributed by atoms with Crippen LogP contribution < -0.4 is 4.74 Å². The quantitative estimate of drug-likeness (QED) is 0.892. The molecule has 0 fully saturated rings. The summed E-state index contributed by atoms with van der Waals surface area (Å²) in [5, 5.41) is 10.0. The Morgan fingerprint density at radius 2 is 1.77 bits per heavy atom. The van der Waals surface area contributed by atoms with E-state index >= 15 is 0 Å². The summed E-state index contributed by atoms with van der Waals surface area (Å²) in [5.41, 5.74) is 3.96. The Kier molecular flexibility index (Phi) is 5.09. The molecule has 0 spiro atoms. The highest BCUT2D eigenvalue weighted by molar-refractivity contribution is 6.30. The molecular weight excluding hydrogens is 300 g/mol. The molecule has 0 radical (unpaired) electrons. The SMILES string of the molecule is Cc1cc(C)cc(O[C@H](Cc2cc(Cl)ccc2C)C(=O)O)c1. The molecule has 0 aromatic heterocycles. The molecule has 22 heavy (non-hydrogen) atoms. The molecule has 0 aliphatic rings. The van der Waals surface area contributed by atoms with Gasteiger partial charge in [0.1, 0.15) is 5.75 Å². The van der Waals surface area contributed by atoms with E-state index < -0.39 is 12.1 Å². The first kappa shape index (κ1) is 16.4. The second kappa shape index (κ2) is 6.84. The summed E-state index contributed by atoms with van der Waals surface area (Å²) < 4.78 is 5.69. The van der Waals surface area contributed by atoms with Crippen molar-refractivity contribution in [1.82, 2.24) is 0 Å². The minimum absolute atomic E-state index is 0.273. The Labute approximate surface area is 135 Å². The number of hydrogen-bond donors (Lipinski definition) is 1. The van der Waals surface area contributed by atoms with Crippen molar-refractivity contribution < 1.29 is 14.6 Å². The van der Waals surface area contributed by atoms with Gasteiger partial charge in [0.2, 0.25) is 0 Å². The Hall–Kier alpha value is -2.00. The molecule has 0 aliphatic carbocycles. The average Bonchev–Trinajstić information content (AvgIpc) is 2.40. The van der Waals surface area contributed by atoms with Crippen LogP contribution in [0.25, 0.3) is 0 Å². The van der Waals surface area contributed by atoms with Crippen molar-refractivity contribution in [1.29, 1.82) is 0 Å². The monoisotopic (exact) mass is 318 g/mol. The van der Waals surface area contributed by atoms with Crippen molar-refractivity contribution in [2.75, 3.05) is 0 Å². The lowest BCUT2D eigenvalue weighted by atomic mass is 10.0. The molecule has 2 aromatic carbocycles. The summed E-state index contributed by atoms with van der Waals surface area (Å²) in [4.78, 5) is 11.5. The van der Waals surface area contributed by atoms with Crippen molar-refractivity contribution in [3.8, 4) is 5.75 Å². The zero-order valence-electron chi connectivity index (χ0n) is 12.9. The van der Waals surface area contributed by atoms with Crippen molar-refractivity contribution in [2.24, 2.45) is 0 Å². The number of carbonyl (C=O) groups is 1. The van der Waals surface area contributed by atoms with Gasteiger partial charge in [-0.1, -0.05) is 23.7 Å². The Balaban J connectivity index is 2.23. The van der Waals surface area contributed by atoms with Crippen LogP contribution in [0.1, 0.15) is 22.3 Å². The summed E-state index contributed by atoms with van der Waals surface area (Å²) in [6, 6.07) is 11.2. The van der Waals surface area contributed by atoms with E-state index in [0.717, 1.165) is 22.3 Å². The van der Waals surface area contributed by atoms with Crippen LogP contribution in [-0.4, -0.2) is 17.2 Å². The zero-order valence-corrected chi connectivity index (χ0v) is 13.6. The van der Waals surface area contributed by atoms with Gasteiger partial charge in [-0.3, -0.25) is 0 Å². The van der Waals surface area contributed by atoms with E-state index in [1.54, 1.807) is 12.1 Å². The number of hydrogen-bond acceptors (Lipinski definition) is 2. The summed E-state index contributed by atoms with van der Waals surface area (Å²) in [6.45, 7) is 5.84. The molecule has 2 aromatic rings. The average molecular weight is 319 g/mol. The van der Waals surface area contributed by atoms with Gasteiger partial charge in [0.25, 0.3) is 0 Å². The molecule has 0 bridgehead atoms. The van der Waals surface area contributed by atoms with E-state index in [4.69, 9.17) is 16.3 Å². The maximum absolute atomic E-state index is 11.5. The maximum Gasteiger partial charge on any atom is 0.345 e. The Morgan fingerprint density at radius 1 is 1.14 bits per heavy atom. The zero-order chi connectivity index (χ0) is 16.3. The van der Waals surface area contributed by atoms with Gasteiger partial charge in [-0.15, -0.1) is 0 Å². The molecule has 116 valence electrons. The van der Waals surface area contributed by atoms with E-state index in [1.165, 1.54) is 0 Å². The molecule has 0 saturated carbocycles. The van der Waals surface area contributed by atoms with E-state index in [9.17, 15) is 9.90 Å². The predicted octanol–water partition coefficient (Wildman–Crippen LogP) is 4.34. The van der Waals surface area contributed by atoms with Crippen LogP contribution in [0.2, 0.25) is 5.02 Å². The van der Waals surface area contributed by atoms with Crippen LogP contribution in [0, 0.1) is 20.8 Å². The van der Waals surface area contributed by atoms with Crippen molar-refractivity contribution in [3.63, 3.8) is 0 Å². The topological polar surface area (TPSA) is 46.5 Å². The largest absolute Gasteiger partial charge is 0.478 e. The number of aliphatic carboxylic acids is 1. The number of aryl methyl sites for hydroxylation is 3. The number of ether oxygens (including phenoxy) is 1. The normalized spacial score (nSPS) is 12.0. The van der Waals surface area contributed by atoms with E-state index in [-0.39, 0.29) is 6.42 Å². The van der Waals surface area contributed by atoms with Crippen LogP contribution in [0.15, 0.2) is 36.4 Å². The van der Waals surface area contributed by atoms with Crippen LogP contribution in [0.4, 0.5) is 0 Å². The summed E-state index contributed by atoms with van der Waals surface area (Å²) in [7, 11) is 0. The standard InChI is InChI=1S/C18H19ClO3/c1-11-6-12(2)8-16(7-11)22-17(18(20)21)10-14-9-15(19)5-4-13(14)3/h4-9,17H,10H2,1-3H3,(H,20,21)/t17-/m1/s1. The maximum atomic E-state index is 11.5. The second-order valence-electron chi connectivity index (χ2n) is 5.54. The fourth-order valence-corrected chi connectivity index (χ4v) is 2.60. The first-order chi connectivity index (χ1) is 10.3. The lowest BCUT2D eigenvalue weighted by Crippen LogP contribution is -2.29. The second-order valence-corrected chi connectivity index (χ2v) is 5.98. The first-order valence-corrected chi connectivity index (χ1v) is 7.46. The predicted molar refractivity (Wildman–Crippen MR) is 87.9 cm³/mol. The molecule has 0 saturated heterocycles. The summed E-state index contributed by atoms with van der Waals surface area (Å²) in [6.07, 6.45) is -0.673. The van der Waals surface area contributed by atoms with Gasteiger partial charge in [-0.25, -0.2) is 4.79 Å². The lowest BCUT2D eigenvalue weighted by molar-refractivity contribution is -0.145. The van der Waals surface area contributed by atoms with Gasteiger partial charge in [0.15, 0.2) is 6.10 Å².